The van der Waals surface area contributed by atoms with E-state index in [1.54, 1.807) is 30.5 Å². The molecule has 4 aromatic rings. The highest BCUT2D eigenvalue weighted by Gasteiger charge is 2.38. The lowest BCUT2D eigenvalue weighted by Crippen LogP contribution is -2.37. The molecule has 1 aliphatic carbocycles. The quantitative estimate of drug-likeness (QED) is 0.389. The van der Waals surface area contributed by atoms with Gasteiger partial charge in [-0.1, -0.05) is 30.3 Å². The first-order valence-corrected chi connectivity index (χ1v) is 11.8. The molecule has 1 aromatic heterocycles. The van der Waals surface area contributed by atoms with Crippen LogP contribution in [-0.2, 0) is 17.8 Å². The molecule has 6 nitrogen and oxygen atoms in total. The van der Waals surface area contributed by atoms with Crippen LogP contribution in [0.1, 0.15) is 35.6 Å². The van der Waals surface area contributed by atoms with E-state index in [0.717, 1.165) is 29.5 Å². The molecule has 2 heterocycles. The summed E-state index contributed by atoms with van der Waals surface area (Å²) in [5.41, 5.74) is 10.3. The Labute approximate surface area is 201 Å². The van der Waals surface area contributed by atoms with E-state index in [-0.39, 0.29) is 24.9 Å². The summed E-state index contributed by atoms with van der Waals surface area (Å²) in [6.07, 6.45) is 3.33. The van der Waals surface area contributed by atoms with E-state index in [1.165, 1.54) is 0 Å². The van der Waals surface area contributed by atoms with E-state index < -0.39 is 5.97 Å². The molecule has 0 spiro atoms. The highest BCUT2D eigenvalue weighted by atomic mass is 19.1. The SMILES string of the molecule is NCc1cccc(-c2cc([C@H]3CN(C4CC4)c4cccc(CC(=O)O)c4O3)cc3ccoc23)c1F. The van der Waals surface area contributed by atoms with Crippen molar-refractivity contribution >= 4 is 22.6 Å². The maximum absolute atomic E-state index is 15.3. The zero-order chi connectivity index (χ0) is 24.1. The van der Waals surface area contributed by atoms with Crippen molar-refractivity contribution in [2.24, 2.45) is 5.73 Å². The second kappa shape index (κ2) is 8.43. The van der Waals surface area contributed by atoms with Crippen LogP contribution in [0.15, 0.2) is 65.3 Å². The monoisotopic (exact) mass is 472 g/mol. The average molecular weight is 473 g/mol. The number of halogens is 1. The van der Waals surface area contributed by atoms with Crippen LogP contribution in [0.25, 0.3) is 22.1 Å². The lowest BCUT2D eigenvalue weighted by molar-refractivity contribution is -0.136. The number of aliphatic carboxylic acids is 1. The normalized spacial score (nSPS) is 17.3. The average Bonchev–Trinajstić information content (AvgIpc) is 3.59. The molecule has 3 N–H and O–H groups in total. The zero-order valence-electron chi connectivity index (χ0n) is 19.0. The van der Waals surface area contributed by atoms with Gasteiger partial charge in [0.15, 0.2) is 0 Å². The van der Waals surface area contributed by atoms with Gasteiger partial charge in [0.05, 0.1) is 24.9 Å². The maximum Gasteiger partial charge on any atom is 0.307 e. The number of hydrogen-bond donors (Lipinski definition) is 2. The molecule has 3 aromatic carbocycles. The van der Waals surface area contributed by atoms with Gasteiger partial charge in [-0.2, -0.15) is 0 Å². The number of nitrogens with two attached hydrogens (primary N) is 1. The van der Waals surface area contributed by atoms with Crippen molar-refractivity contribution in [2.75, 3.05) is 11.4 Å². The second-order valence-electron chi connectivity index (χ2n) is 9.22. The molecular weight excluding hydrogens is 447 g/mol. The van der Waals surface area contributed by atoms with Crippen molar-refractivity contribution in [2.45, 2.75) is 38.0 Å². The smallest absolute Gasteiger partial charge is 0.307 e. The van der Waals surface area contributed by atoms with Gasteiger partial charge in [-0.3, -0.25) is 4.79 Å². The topological polar surface area (TPSA) is 88.9 Å². The van der Waals surface area contributed by atoms with Crippen LogP contribution in [0.3, 0.4) is 0 Å². The molecule has 6 rings (SSSR count). The number of hydrogen-bond acceptors (Lipinski definition) is 5. The van der Waals surface area contributed by atoms with Crippen molar-refractivity contribution in [1.82, 2.24) is 0 Å². The number of para-hydroxylation sites is 1. The molecule has 178 valence electrons. The summed E-state index contributed by atoms with van der Waals surface area (Å²) in [4.78, 5) is 13.8. The number of ether oxygens (including phenoxy) is 1. The summed E-state index contributed by atoms with van der Waals surface area (Å²) in [5.74, 6) is -0.647. The van der Waals surface area contributed by atoms with Crippen LogP contribution in [0, 0.1) is 5.82 Å². The van der Waals surface area contributed by atoms with E-state index in [4.69, 9.17) is 14.9 Å². The molecule has 2 aliphatic rings. The van der Waals surface area contributed by atoms with Crippen LogP contribution in [0.5, 0.6) is 5.75 Å². The lowest BCUT2D eigenvalue weighted by atomic mass is 9.95. The number of carboxylic acid groups (broad SMARTS) is 1. The molecular formula is C28H25FN2O4. The number of anilines is 1. The van der Waals surface area contributed by atoms with E-state index in [0.29, 0.717) is 46.2 Å². The third-order valence-electron chi connectivity index (χ3n) is 6.87. The Morgan fingerprint density at radius 1 is 1.09 bits per heavy atom. The van der Waals surface area contributed by atoms with Gasteiger partial charge in [0.1, 0.15) is 23.3 Å². The summed E-state index contributed by atoms with van der Waals surface area (Å²) < 4.78 is 27.5. The molecule has 0 radical (unpaired) electrons. The molecule has 0 bridgehead atoms. The molecule has 1 saturated carbocycles. The molecule has 1 aliphatic heterocycles. The highest BCUT2D eigenvalue weighted by Crippen LogP contribution is 2.46. The lowest BCUT2D eigenvalue weighted by Gasteiger charge is -2.38. The van der Waals surface area contributed by atoms with Gasteiger partial charge in [0.25, 0.3) is 0 Å². The van der Waals surface area contributed by atoms with Gasteiger partial charge in [-0.05, 0) is 42.7 Å². The van der Waals surface area contributed by atoms with Crippen LogP contribution < -0.4 is 15.4 Å². The molecule has 0 amide bonds. The minimum atomic E-state index is -0.903. The van der Waals surface area contributed by atoms with Crippen molar-refractivity contribution in [3.05, 3.63) is 83.4 Å². The van der Waals surface area contributed by atoms with Crippen LogP contribution in [0.4, 0.5) is 10.1 Å². The minimum absolute atomic E-state index is 0.103. The van der Waals surface area contributed by atoms with Crippen molar-refractivity contribution in [1.29, 1.82) is 0 Å². The van der Waals surface area contributed by atoms with E-state index in [9.17, 15) is 9.90 Å². The van der Waals surface area contributed by atoms with Crippen molar-refractivity contribution < 1.29 is 23.4 Å². The number of nitrogens with zero attached hydrogens (tertiary/aromatic N) is 1. The Kier molecular flexibility index (Phi) is 5.22. The number of benzene rings is 3. The fourth-order valence-electron chi connectivity index (χ4n) is 5.03. The van der Waals surface area contributed by atoms with E-state index >= 15 is 4.39 Å². The van der Waals surface area contributed by atoms with Gasteiger partial charge in [-0.25, -0.2) is 4.39 Å². The number of carboxylic acids is 1. The molecule has 7 heteroatoms. The number of fused-ring (bicyclic) bond motifs is 2. The van der Waals surface area contributed by atoms with E-state index in [1.807, 2.05) is 30.3 Å². The number of furan rings is 1. The fourth-order valence-corrected chi connectivity index (χ4v) is 5.03. The summed E-state index contributed by atoms with van der Waals surface area (Å²) in [6, 6.07) is 17.1. The number of rotatable bonds is 6. The first-order valence-electron chi connectivity index (χ1n) is 11.8. The van der Waals surface area contributed by atoms with Gasteiger partial charge in [-0.15, -0.1) is 0 Å². The predicted octanol–water partition coefficient (Wildman–Crippen LogP) is 5.43. The Bertz CT molecular complexity index is 1440. The van der Waals surface area contributed by atoms with Gasteiger partial charge < -0.3 is 24.9 Å². The minimum Gasteiger partial charge on any atom is -0.481 e. The Hall–Kier alpha value is -3.84. The first-order chi connectivity index (χ1) is 17.0. The first kappa shape index (κ1) is 21.7. The zero-order valence-corrected chi connectivity index (χ0v) is 19.0. The Balaban J connectivity index is 1.48. The van der Waals surface area contributed by atoms with E-state index in [2.05, 4.69) is 4.90 Å². The molecule has 0 saturated heterocycles. The molecule has 35 heavy (non-hydrogen) atoms. The summed E-state index contributed by atoms with van der Waals surface area (Å²) >= 11 is 0. The van der Waals surface area contributed by atoms with Gasteiger partial charge >= 0.3 is 5.97 Å². The maximum atomic E-state index is 15.3. The number of carbonyl (C=O) groups is 1. The van der Waals surface area contributed by atoms with Crippen LogP contribution >= 0.6 is 0 Å². The summed E-state index contributed by atoms with van der Waals surface area (Å²) in [5, 5.41) is 10.3. The summed E-state index contributed by atoms with van der Waals surface area (Å²) in [6.45, 7) is 0.730. The predicted molar refractivity (Wildman–Crippen MR) is 131 cm³/mol. The van der Waals surface area contributed by atoms with Crippen LogP contribution in [-0.4, -0.2) is 23.7 Å². The molecule has 1 fully saturated rings. The molecule has 1 atom stereocenters. The van der Waals surface area contributed by atoms with Crippen molar-refractivity contribution in [3.63, 3.8) is 0 Å². The molecule has 0 unspecified atom stereocenters. The third-order valence-corrected chi connectivity index (χ3v) is 6.87. The largest absolute Gasteiger partial charge is 0.481 e. The fraction of sp³-hybridized carbons (Fsp3) is 0.250. The summed E-state index contributed by atoms with van der Waals surface area (Å²) in [7, 11) is 0. The second-order valence-corrected chi connectivity index (χ2v) is 9.22. The third kappa shape index (κ3) is 3.82. The standard InChI is InChI=1S/C28H25FN2O4/c29-26-18(14-30)4-1-5-21(26)22-12-19(11-17-9-10-34-27(17)22)24-15-31(20-7-8-20)23-6-2-3-16(13-25(32)33)28(23)35-24/h1-6,9-12,20,24H,7-8,13-15,30H2,(H,32,33)/t24-/m1/s1. The van der Waals surface area contributed by atoms with Gasteiger partial charge in [0.2, 0.25) is 0 Å². The van der Waals surface area contributed by atoms with Gasteiger partial charge in [0, 0.05) is 40.2 Å². The van der Waals surface area contributed by atoms with Crippen LogP contribution in [0.2, 0.25) is 0 Å². The van der Waals surface area contributed by atoms with Crippen molar-refractivity contribution in [3.8, 4) is 16.9 Å². The Morgan fingerprint density at radius 3 is 2.66 bits per heavy atom. The highest BCUT2D eigenvalue weighted by molar-refractivity contribution is 5.93. The Morgan fingerprint density at radius 2 is 1.89 bits per heavy atom.